The maximum Gasteiger partial charge on any atom is 0.416 e. The summed E-state index contributed by atoms with van der Waals surface area (Å²) >= 11 is 0. The van der Waals surface area contributed by atoms with Crippen LogP contribution in [0.1, 0.15) is 38.2 Å². The Hall–Kier alpha value is -1.36. The van der Waals surface area contributed by atoms with E-state index in [0.717, 1.165) is 31.4 Å². The van der Waals surface area contributed by atoms with Crippen molar-refractivity contribution in [3.8, 4) is 0 Å². The van der Waals surface area contributed by atoms with E-state index >= 15 is 0 Å². The molecule has 0 radical (unpaired) electrons. The second-order valence-electron chi connectivity index (χ2n) is 7.51. The van der Waals surface area contributed by atoms with Gasteiger partial charge in [0, 0.05) is 19.7 Å². The molecule has 1 aliphatic heterocycles. The van der Waals surface area contributed by atoms with Gasteiger partial charge in [0.05, 0.1) is 29.6 Å². The number of hydrogen-bond donors (Lipinski definition) is 2. The van der Waals surface area contributed by atoms with Crippen molar-refractivity contribution in [2.75, 3.05) is 25.6 Å². The average Bonchev–Trinajstić information content (AvgIpc) is 3.02. The third-order valence-electron chi connectivity index (χ3n) is 5.38. The van der Waals surface area contributed by atoms with Gasteiger partial charge in [0.15, 0.2) is 0 Å². The molecule has 1 aromatic carbocycles. The molecule has 1 aromatic rings. The van der Waals surface area contributed by atoms with Crippen LogP contribution >= 0.6 is 0 Å². The van der Waals surface area contributed by atoms with Crippen molar-refractivity contribution in [1.82, 2.24) is 4.72 Å². The van der Waals surface area contributed by atoms with Crippen LogP contribution in [0.2, 0.25) is 0 Å². The highest BCUT2D eigenvalue weighted by Gasteiger charge is 2.46. The van der Waals surface area contributed by atoms with Crippen molar-refractivity contribution < 1.29 is 31.1 Å². The number of sulfonamides is 1. The third-order valence-corrected chi connectivity index (χ3v) is 6.94. The van der Waals surface area contributed by atoms with Gasteiger partial charge in [-0.15, -0.1) is 0 Å². The van der Waals surface area contributed by atoms with Crippen molar-refractivity contribution in [3.05, 3.63) is 23.8 Å². The Morgan fingerprint density at radius 1 is 1.36 bits per heavy atom. The topological polar surface area (TPSA) is 76.7 Å². The Balaban J connectivity index is 1.85. The summed E-state index contributed by atoms with van der Waals surface area (Å²) in [7, 11) is -2.68. The van der Waals surface area contributed by atoms with Crippen LogP contribution in [0.5, 0.6) is 0 Å². The Morgan fingerprint density at radius 2 is 2.07 bits per heavy atom. The molecular weight excluding hydrogens is 397 g/mol. The summed E-state index contributed by atoms with van der Waals surface area (Å²) in [5.41, 5.74) is -1.19. The van der Waals surface area contributed by atoms with Gasteiger partial charge in [-0.1, -0.05) is 0 Å². The zero-order chi connectivity index (χ0) is 20.6. The molecule has 1 saturated heterocycles. The monoisotopic (exact) mass is 422 g/mol. The maximum absolute atomic E-state index is 13.1. The van der Waals surface area contributed by atoms with Crippen LogP contribution in [0, 0.1) is 0 Å². The molecule has 3 rings (SSSR count). The molecule has 6 nitrogen and oxygen atoms in total. The number of methoxy groups -OCH3 is 1. The Morgan fingerprint density at radius 3 is 2.61 bits per heavy atom. The fourth-order valence-electron chi connectivity index (χ4n) is 3.53. The number of hydrogen-bond acceptors (Lipinski definition) is 5. The van der Waals surface area contributed by atoms with Crippen molar-refractivity contribution in [3.63, 3.8) is 0 Å². The van der Waals surface area contributed by atoms with Crippen LogP contribution < -0.4 is 10.0 Å². The summed E-state index contributed by atoms with van der Waals surface area (Å²) in [6, 6.07) is 2.21. The van der Waals surface area contributed by atoms with Gasteiger partial charge in [0.2, 0.25) is 10.0 Å². The number of anilines is 1. The summed E-state index contributed by atoms with van der Waals surface area (Å²) in [5, 5.41) is 2.87. The minimum absolute atomic E-state index is 0.0988. The third kappa shape index (κ3) is 4.61. The van der Waals surface area contributed by atoms with E-state index in [1.165, 1.54) is 7.11 Å². The van der Waals surface area contributed by atoms with Crippen molar-refractivity contribution in [1.29, 1.82) is 0 Å². The molecule has 10 heteroatoms. The molecule has 1 heterocycles. The standard InChI is InChI=1S/C18H25F3N2O4S/c1-12(26-2)10-22-15-5-4-13(18(19,20)21)8-16(15)28(24,25)23-14-9-17(27-11-14)6-3-7-17/h4-5,8,12,14,22-23H,3,6-7,9-11H2,1-2H3/t12-,14?/m1/s1. The zero-order valence-corrected chi connectivity index (χ0v) is 16.6. The minimum Gasteiger partial charge on any atom is -0.381 e. The van der Waals surface area contributed by atoms with E-state index in [4.69, 9.17) is 9.47 Å². The van der Waals surface area contributed by atoms with Crippen LogP contribution in [0.25, 0.3) is 0 Å². The van der Waals surface area contributed by atoms with Crippen molar-refractivity contribution >= 4 is 15.7 Å². The van der Waals surface area contributed by atoms with Gasteiger partial charge in [0.1, 0.15) is 4.90 Å². The van der Waals surface area contributed by atoms with Gasteiger partial charge in [-0.05, 0) is 50.8 Å². The molecule has 0 aromatic heterocycles. The molecule has 0 amide bonds. The number of alkyl halides is 3. The molecule has 2 atom stereocenters. The van der Waals surface area contributed by atoms with E-state index < -0.39 is 32.7 Å². The molecule has 2 fully saturated rings. The van der Waals surface area contributed by atoms with Crippen LogP contribution in [0.4, 0.5) is 18.9 Å². The van der Waals surface area contributed by atoms with Crippen molar-refractivity contribution in [2.45, 2.75) is 61.4 Å². The van der Waals surface area contributed by atoms with Gasteiger partial charge < -0.3 is 14.8 Å². The van der Waals surface area contributed by atoms with Crippen LogP contribution in [0.3, 0.4) is 0 Å². The molecule has 28 heavy (non-hydrogen) atoms. The summed E-state index contributed by atoms with van der Waals surface area (Å²) in [6.45, 7) is 2.24. The molecule has 158 valence electrons. The lowest BCUT2D eigenvalue weighted by Gasteiger charge is -2.37. The first-order chi connectivity index (χ1) is 13.0. The highest BCUT2D eigenvalue weighted by Crippen LogP contribution is 2.43. The van der Waals surface area contributed by atoms with Crippen LogP contribution in [-0.4, -0.2) is 46.4 Å². The van der Waals surface area contributed by atoms with E-state index in [0.29, 0.717) is 12.5 Å². The van der Waals surface area contributed by atoms with Gasteiger partial charge in [-0.25, -0.2) is 13.1 Å². The van der Waals surface area contributed by atoms with E-state index in [1.54, 1.807) is 6.92 Å². The zero-order valence-electron chi connectivity index (χ0n) is 15.8. The van der Waals surface area contributed by atoms with Crippen LogP contribution in [0.15, 0.2) is 23.1 Å². The smallest absolute Gasteiger partial charge is 0.381 e. The SMILES string of the molecule is CO[C@H](C)CNc1ccc(C(F)(F)F)cc1S(=O)(=O)NC1COC2(CCC2)C1. The van der Waals surface area contributed by atoms with Gasteiger partial charge in [0.25, 0.3) is 0 Å². The second kappa shape index (κ2) is 7.81. The Bertz CT molecular complexity index is 810. The molecular formula is C18H25F3N2O4S. The van der Waals surface area contributed by atoms with Crippen LogP contribution in [-0.2, 0) is 25.7 Å². The lowest BCUT2D eigenvalue weighted by Crippen LogP contribution is -2.39. The largest absolute Gasteiger partial charge is 0.416 e. The average molecular weight is 422 g/mol. The lowest BCUT2D eigenvalue weighted by atomic mass is 9.78. The van der Waals surface area contributed by atoms with E-state index in [9.17, 15) is 21.6 Å². The molecule has 1 saturated carbocycles. The fourth-order valence-corrected chi connectivity index (χ4v) is 4.96. The first-order valence-electron chi connectivity index (χ1n) is 9.19. The number of benzene rings is 1. The quantitative estimate of drug-likeness (QED) is 0.706. The Labute approximate surface area is 162 Å². The maximum atomic E-state index is 13.1. The van der Waals surface area contributed by atoms with E-state index in [-0.39, 0.29) is 30.5 Å². The molecule has 0 bridgehead atoms. The summed E-state index contributed by atoms with van der Waals surface area (Å²) < 4.78 is 78.6. The first-order valence-corrected chi connectivity index (χ1v) is 10.7. The highest BCUT2D eigenvalue weighted by molar-refractivity contribution is 7.89. The summed E-state index contributed by atoms with van der Waals surface area (Å²) in [4.78, 5) is -0.430. The molecule has 1 aliphatic carbocycles. The first kappa shape index (κ1) is 21.4. The lowest BCUT2D eigenvalue weighted by molar-refractivity contribution is -0.137. The van der Waals surface area contributed by atoms with E-state index in [1.807, 2.05) is 0 Å². The predicted molar refractivity (Wildman–Crippen MR) is 97.7 cm³/mol. The normalized spacial score (nSPS) is 22.8. The molecule has 1 unspecified atom stereocenters. The number of nitrogens with one attached hydrogen (secondary N) is 2. The molecule has 2 N–H and O–H groups in total. The van der Waals surface area contributed by atoms with E-state index in [2.05, 4.69) is 10.0 Å². The predicted octanol–water partition coefficient (Wildman–Crippen LogP) is 3.14. The molecule has 1 spiro atoms. The number of rotatable bonds is 7. The summed E-state index contributed by atoms with van der Waals surface area (Å²) in [5.74, 6) is 0. The minimum atomic E-state index is -4.64. The second-order valence-corrected chi connectivity index (χ2v) is 9.19. The van der Waals surface area contributed by atoms with Gasteiger partial charge in [-0.3, -0.25) is 0 Å². The van der Waals surface area contributed by atoms with Gasteiger partial charge in [-0.2, -0.15) is 13.2 Å². The number of ether oxygens (including phenoxy) is 2. The molecule has 2 aliphatic rings. The summed E-state index contributed by atoms with van der Waals surface area (Å²) in [6.07, 6.45) is -1.54. The van der Waals surface area contributed by atoms with Crippen molar-refractivity contribution in [2.24, 2.45) is 0 Å². The fraction of sp³-hybridized carbons (Fsp3) is 0.667. The van der Waals surface area contributed by atoms with Gasteiger partial charge >= 0.3 is 6.18 Å². The highest BCUT2D eigenvalue weighted by atomic mass is 32.2. The Kier molecular flexibility index (Phi) is 5.96. The number of halogens is 3.